The summed E-state index contributed by atoms with van der Waals surface area (Å²) in [5.74, 6) is 0.510. The normalized spacial score (nSPS) is 11.6. The molecule has 0 amide bonds. The van der Waals surface area contributed by atoms with E-state index < -0.39 is 0 Å². The monoisotopic (exact) mass is 302 g/mol. The van der Waals surface area contributed by atoms with Gasteiger partial charge in [-0.25, -0.2) is 0 Å². The Bertz CT molecular complexity index is 425. The Morgan fingerprint density at radius 1 is 1.05 bits per heavy atom. The van der Waals surface area contributed by atoms with Crippen molar-refractivity contribution in [1.82, 2.24) is 9.80 Å². The first kappa shape index (κ1) is 18.1. The summed E-state index contributed by atoms with van der Waals surface area (Å²) in [6.07, 6.45) is 0. The maximum atomic E-state index is 4.06. The minimum Gasteiger partial charge on any atom is -0.291 e. The summed E-state index contributed by atoms with van der Waals surface area (Å²) in [5.41, 5.74) is 2.40. The van der Waals surface area contributed by atoms with E-state index in [2.05, 4.69) is 75.3 Å². The second kappa shape index (κ2) is 9.18. The molecule has 3 heteroatoms. The minimum absolute atomic E-state index is 0.510. The van der Waals surface area contributed by atoms with Gasteiger partial charge in [-0.3, -0.25) is 9.80 Å². The van der Waals surface area contributed by atoms with Gasteiger partial charge in [-0.05, 0) is 38.7 Å². The molecule has 0 bridgehead atoms. The predicted octanol–water partition coefficient (Wildman–Crippen LogP) is 3.02. The van der Waals surface area contributed by atoms with Crippen molar-refractivity contribution in [3.8, 4) is 0 Å². The van der Waals surface area contributed by atoms with E-state index in [1.807, 2.05) is 0 Å². The van der Waals surface area contributed by atoms with E-state index in [1.165, 1.54) is 10.8 Å². The van der Waals surface area contributed by atoms with Gasteiger partial charge in [0.1, 0.15) is 9.52 Å². The topological polar surface area (TPSA) is 6.48 Å². The zero-order valence-corrected chi connectivity index (χ0v) is 15.3. The Morgan fingerprint density at radius 3 is 2.00 bits per heavy atom. The van der Waals surface area contributed by atoms with Gasteiger partial charge in [-0.2, -0.15) is 0 Å². The third kappa shape index (κ3) is 5.10. The molecule has 0 aliphatic heterocycles. The molecule has 0 spiro atoms. The van der Waals surface area contributed by atoms with Crippen molar-refractivity contribution >= 4 is 20.3 Å². The van der Waals surface area contributed by atoms with E-state index in [4.69, 9.17) is 0 Å². The SMILES string of the molecule is C=C(C)c1cccc([Si]C(N(CC)CC)N(CC)CC)c1. The molecule has 0 saturated heterocycles. The van der Waals surface area contributed by atoms with E-state index in [0.717, 1.165) is 41.3 Å². The number of allylic oxidation sites excluding steroid dienone is 1. The van der Waals surface area contributed by atoms with Crippen molar-refractivity contribution in [3.63, 3.8) is 0 Å². The largest absolute Gasteiger partial charge is 0.291 e. The number of nitrogens with zero attached hydrogens (tertiary/aromatic N) is 2. The maximum absolute atomic E-state index is 4.06. The third-order valence-electron chi connectivity index (χ3n) is 3.97. The second-order valence-corrected chi connectivity index (χ2v) is 6.70. The first-order valence-corrected chi connectivity index (χ1v) is 9.15. The van der Waals surface area contributed by atoms with Crippen LogP contribution < -0.4 is 5.19 Å². The highest BCUT2D eigenvalue weighted by Gasteiger charge is 2.22. The van der Waals surface area contributed by atoms with Crippen LogP contribution >= 0.6 is 0 Å². The highest BCUT2D eigenvalue weighted by atomic mass is 28.2. The first-order chi connectivity index (χ1) is 10.1. The summed E-state index contributed by atoms with van der Waals surface area (Å²) >= 11 is 0. The van der Waals surface area contributed by atoms with Crippen LogP contribution in [0.3, 0.4) is 0 Å². The molecule has 0 atom stereocenters. The quantitative estimate of drug-likeness (QED) is 0.511. The van der Waals surface area contributed by atoms with Crippen LogP contribution in [0.25, 0.3) is 5.57 Å². The van der Waals surface area contributed by atoms with Crippen LogP contribution in [0.1, 0.15) is 40.2 Å². The molecule has 1 aromatic rings. The Morgan fingerprint density at radius 2 is 1.57 bits per heavy atom. The average Bonchev–Trinajstić information content (AvgIpc) is 2.49. The summed E-state index contributed by atoms with van der Waals surface area (Å²) in [4.78, 5) is 5.14. The van der Waals surface area contributed by atoms with Crippen LogP contribution in [0.15, 0.2) is 30.8 Å². The highest BCUT2D eigenvalue weighted by Crippen LogP contribution is 2.10. The molecular formula is C18H30N2Si. The molecule has 21 heavy (non-hydrogen) atoms. The van der Waals surface area contributed by atoms with Gasteiger partial charge in [-0.1, -0.05) is 69.3 Å². The lowest BCUT2D eigenvalue weighted by Gasteiger charge is -2.38. The molecule has 116 valence electrons. The molecule has 0 fully saturated rings. The minimum atomic E-state index is 0.510. The van der Waals surface area contributed by atoms with Crippen LogP contribution in [0, 0.1) is 0 Å². The summed E-state index contributed by atoms with van der Waals surface area (Å²) < 4.78 is 0. The average molecular weight is 303 g/mol. The van der Waals surface area contributed by atoms with Gasteiger partial charge >= 0.3 is 0 Å². The zero-order valence-electron chi connectivity index (χ0n) is 14.3. The van der Waals surface area contributed by atoms with E-state index in [9.17, 15) is 0 Å². The molecular weight excluding hydrogens is 272 g/mol. The molecule has 0 unspecified atom stereocenters. The molecule has 0 heterocycles. The number of hydrogen-bond acceptors (Lipinski definition) is 2. The van der Waals surface area contributed by atoms with Gasteiger partial charge in [0.25, 0.3) is 0 Å². The molecule has 2 nitrogen and oxygen atoms in total. The van der Waals surface area contributed by atoms with Gasteiger partial charge in [0.05, 0.1) is 5.79 Å². The lowest BCUT2D eigenvalue weighted by molar-refractivity contribution is 0.116. The number of benzene rings is 1. The van der Waals surface area contributed by atoms with Gasteiger partial charge in [0, 0.05) is 0 Å². The molecule has 0 aromatic heterocycles. The molecule has 1 rings (SSSR count). The van der Waals surface area contributed by atoms with E-state index >= 15 is 0 Å². The van der Waals surface area contributed by atoms with Gasteiger partial charge < -0.3 is 0 Å². The van der Waals surface area contributed by atoms with Crippen LogP contribution in [0.4, 0.5) is 0 Å². The fourth-order valence-electron chi connectivity index (χ4n) is 2.58. The highest BCUT2D eigenvalue weighted by molar-refractivity contribution is 6.55. The summed E-state index contributed by atoms with van der Waals surface area (Å²) in [7, 11) is 0.783. The second-order valence-electron chi connectivity index (χ2n) is 5.32. The Labute approximate surface area is 133 Å². The predicted molar refractivity (Wildman–Crippen MR) is 96.2 cm³/mol. The third-order valence-corrected chi connectivity index (χ3v) is 5.60. The molecule has 0 saturated carbocycles. The molecule has 0 aliphatic carbocycles. The number of rotatable bonds is 9. The number of hydrogen-bond donors (Lipinski definition) is 0. The van der Waals surface area contributed by atoms with Crippen LogP contribution in [-0.2, 0) is 0 Å². The van der Waals surface area contributed by atoms with Crippen molar-refractivity contribution in [2.75, 3.05) is 26.2 Å². The molecule has 1 aromatic carbocycles. The fourth-order valence-corrected chi connectivity index (χ4v) is 4.40. The van der Waals surface area contributed by atoms with Gasteiger partial charge in [-0.15, -0.1) is 0 Å². The fraction of sp³-hybridized carbons (Fsp3) is 0.556. The van der Waals surface area contributed by atoms with E-state index in [-0.39, 0.29) is 0 Å². The maximum Gasteiger partial charge on any atom is 0.123 e. The lowest BCUT2D eigenvalue weighted by atomic mass is 10.1. The zero-order chi connectivity index (χ0) is 15.8. The molecule has 0 N–H and O–H groups in total. The Kier molecular flexibility index (Phi) is 7.94. The smallest absolute Gasteiger partial charge is 0.123 e. The van der Waals surface area contributed by atoms with Crippen LogP contribution in [0.2, 0.25) is 0 Å². The standard InChI is InChI=1S/C18H30N2Si/c1-7-19(8-2)18(20(9-3)10-4)21-17-13-11-12-16(14-17)15(5)6/h11-14,18H,5,7-10H2,1-4,6H3. The van der Waals surface area contributed by atoms with Crippen molar-refractivity contribution in [2.45, 2.75) is 40.4 Å². The Balaban J connectivity index is 2.99. The van der Waals surface area contributed by atoms with Crippen LogP contribution in [0.5, 0.6) is 0 Å². The molecule has 0 aliphatic rings. The van der Waals surface area contributed by atoms with Crippen LogP contribution in [-0.4, -0.2) is 51.3 Å². The summed E-state index contributed by atoms with van der Waals surface area (Å²) in [6.45, 7) is 19.6. The van der Waals surface area contributed by atoms with Crippen molar-refractivity contribution in [1.29, 1.82) is 0 Å². The van der Waals surface area contributed by atoms with E-state index in [0.29, 0.717) is 5.79 Å². The first-order valence-electron chi connectivity index (χ1n) is 8.07. The van der Waals surface area contributed by atoms with Crippen molar-refractivity contribution in [2.24, 2.45) is 0 Å². The van der Waals surface area contributed by atoms with E-state index in [1.54, 1.807) is 0 Å². The summed E-state index contributed by atoms with van der Waals surface area (Å²) in [5, 5.41) is 1.43. The molecule has 2 radical (unpaired) electrons. The van der Waals surface area contributed by atoms with Crippen molar-refractivity contribution < 1.29 is 0 Å². The van der Waals surface area contributed by atoms with Gasteiger partial charge in [0.15, 0.2) is 0 Å². The Hall–Kier alpha value is -0.903. The van der Waals surface area contributed by atoms with Gasteiger partial charge in [0.2, 0.25) is 0 Å². The van der Waals surface area contributed by atoms with Crippen molar-refractivity contribution in [3.05, 3.63) is 36.4 Å². The lowest BCUT2D eigenvalue weighted by Crippen LogP contribution is -2.54. The summed E-state index contributed by atoms with van der Waals surface area (Å²) in [6, 6.07) is 8.87.